The van der Waals surface area contributed by atoms with Crippen LogP contribution in [0.2, 0.25) is 18.1 Å². The maximum atomic E-state index is 10.7. The third-order valence-corrected chi connectivity index (χ3v) is 12.9. The summed E-state index contributed by atoms with van der Waals surface area (Å²) in [5.41, 5.74) is 0. The van der Waals surface area contributed by atoms with Crippen molar-refractivity contribution < 1.29 is 19.0 Å². The fourth-order valence-electron chi connectivity index (χ4n) is 5.60. The molecular weight excluding hydrogens is 380 g/mol. The molecule has 0 radical (unpaired) electrons. The molecule has 29 heavy (non-hydrogen) atoms. The van der Waals surface area contributed by atoms with Gasteiger partial charge in [-0.05, 0) is 55.7 Å². The topological polar surface area (TPSA) is 47.9 Å². The molecule has 0 unspecified atom stereocenters. The van der Waals surface area contributed by atoms with E-state index in [1.54, 1.807) is 0 Å². The largest absolute Gasteiger partial charge is 0.403 e. The zero-order valence-corrected chi connectivity index (χ0v) is 20.0. The van der Waals surface area contributed by atoms with E-state index in [0.717, 1.165) is 19.3 Å². The van der Waals surface area contributed by atoms with Crippen molar-refractivity contribution in [2.45, 2.75) is 102 Å². The highest BCUT2D eigenvalue weighted by Gasteiger charge is 2.62. The number of rotatable bonds is 3. The van der Waals surface area contributed by atoms with E-state index in [2.05, 4.69) is 45.7 Å². The summed E-state index contributed by atoms with van der Waals surface area (Å²) < 4.78 is 18.8. The van der Waals surface area contributed by atoms with Gasteiger partial charge in [0.25, 0.3) is 0 Å². The highest BCUT2D eigenvalue weighted by Crippen LogP contribution is 2.57. The van der Waals surface area contributed by atoms with Crippen molar-refractivity contribution in [1.82, 2.24) is 0 Å². The van der Waals surface area contributed by atoms with Gasteiger partial charge >= 0.3 is 0 Å². The molecule has 4 aliphatic rings. The lowest BCUT2D eigenvalue weighted by atomic mass is 9.56. The highest BCUT2D eigenvalue weighted by molar-refractivity contribution is 6.74. The van der Waals surface area contributed by atoms with Crippen LogP contribution in [0.1, 0.15) is 65.7 Å². The number of aliphatic hydroxyl groups is 1. The van der Waals surface area contributed by atoms with Gasteiger partial charge in [-0.25, -0.2) is 0 Å². The fourth-order valence-corrected chi connectivity index (χ4v) is 6.84. The highest BCUT2D eigenvalue weighted by atomic mass is 28.4. The third kappa shape index (κ3) is 4.08. The zero-order chi connectivity index (χ0) is 20.9. The van der Waals surface area contributed by atoms with Gasteiger partial charge in [0.2, 0.25) is 0 Å². The van der Waals surface area contributed by atoms with Crippen molar-refractivity contribution in [3.05, 3.63) is 0 Å². The molecule has 3 saturated carbocycles. The Morgan fingerprint density at radius 2 is 1.72 bits per heavy atom. The number of hydrogen-bond donors (Lipinski definition) is 1. The van der Waals surface area contributed by atoms with E-state index in [9.17, 15) is 5.11 Å². The second-order valence-corrected chi connectivity index (χ2v) is 16.0. The molecule has 4 fully saturated rings. The average molecular weight is 421 g/mol. The fraction of sp³-hybridized carbons (Fsp3) is 0.917. The Labute approximate surface area is 178 Å². The van der Waals surface area contributed by atoms with E-state index in [-0.39, 0.29) is 29.0 Å². The molecule has 4 rings (SSSR count). The molecule has 1 saturated heterocycles. The van der Waals surface area contributed by atoms with E-state index >= 15 is 0 Å². The molecule has 3 aliphatic carbocycles. The SMILES string of the molecule is CC(C)(C)[Si](C)(C)O[C@H](C#C[C@@H]1[C@H]2CC3(OCCO3)[C@H]2CC[C@H]1O)C1CCCC1. The molecule has 5 heteroatoms. The number of hydrogen-bond acceptors (Lipinski definition) is 4. The Kier molecular flexibility index (Phi) is 5.98. The molecule has 0 aromatic carbocycles. The van der Waals surface area contributed by atoms with E-state index in [0.29, 0.717) is 31.0 Å². The summed E-state index contributed by atoms with van der Waals surface area (Å²) in [5.74, 6) is 8.10. The maximum absolute atomic E-state index is 10.7. The predicted octanol–water partition coefficient (Wildman–Crippen LogP) is 4.72. The van der Waals surface area contributed by atoms with Crippen LogP contribution in [-0.2, 0) is 13.9 Å². The first-order valence-corrected chi connectivity index (χ1v) is 14.7. The van der Waals surface area contributed by atoms with Gasteiger partial charge in [-0.2, -0.15) is 0 Å². The summed E-state index contributed by atoms with van der Waals surface area (Å²) in [6, 6.07) is 0. The standard InChI is InChI=1S/C24H40O4Si/c1-23(2,3)29(4,5)28-22(17-8-6-7-9-17)13-10-18-19-16-24(26-14-15-27-24)20(19)11-12-21(18)25/h17-22,25H,6-9,11-12,14-16H2,1-5H3/t18-,19-,20+,21-,22-/m1/s1. The molecular formula is C24H40O4Si. The van der Waals surface area contributed by atoms with Crippen LogP contribution in [0.5, 0.6) is 0 Å². The predicted molar refractivity (Wildman–Crippen MR) is 117 cm³/mol. The Balaban J connectivity index is 1.51. The van der Waals surface area contributed by atoms with Crippen molar-refractivity contribution in [3.8, 4) is 11.8 Å². The number of fused-ring (bicyclic) bond motifs is 2. The van der Waals surface area contributed by atoms with Crippen molar-refractivity contribution in [2.75, 3.05) is 13.2 Å². The summed E-state index contributed by atoms with van der Waals surface area (Å²) in [4.78, 5) is 0. The molecule has 1 heterocycles. The van der Waals surface area contributed by atoms with Crippen LogP contribution < -0.4 is 0 Å². The van der Waals surface area contributed by atoms with Crippen LogP contribution in [0, 0.1) is 35.5 Å². The average Bonchev–Trinajstić information content (AvgIpc) is 3.31. The quantitative estimate of drug-likeness (QED) is 0.530. The molecule has 1 spiro atoms. The van der Waals surface area contributed by atoms with Crippen LogP contribution in [-0.4, -0.2) is 44.6 Å². The Morgan fingerprint density at radius 1 is 1.07 bits per heavy atom. The van der Waals surface area contributed by atoms with E-state index in [1.807, 2.05) is 0 Å². The minimum atomic E-state index is -1.89. The first-order valence-electron chi connectivity index (χ1n) is 11.8. The molecule has 0 bridgehead atoms. The minimum Gasteiger partial charge on any atom is -0.403 e. The van der Waals surface area contributed by atoms with Gasteiger partial charge in [0, 0.05) is 18.3 Å². The van der Waals surface area contributed by atoms with E-state index in [4.69, 9.17) is 13.9 Å². The monoisotopic (exact) mass is 420 g/mol. The molecule has 1 aliphatic heterocycles. The summed E-state index contributed by atoms with van der Waals surface area (Å²) in [6.07, 6.45) is 7.36. The van der Waals surface area contributed by atoms with Gasteiger partial charge in [0.15, 0.2) is 14.1 Å². The molecule has 5 atom stereocenters. The summed E-state index contributed by atoms with van der Waals surface area (Å²) >= 11 is 0. The lowest BCUT2D eigenvalue weighted by molar-refractivity contribution is -0.296. The minimum absolute atomic E-state index is 0.0129. The lowest BCUT2D eigenvalue weighted by Crippen LogP contribution is -2.60. The van der Waals surface area contributed by atoms with Crippen molar-refractivity contribution in [3.63, 3.8) is 0 Å². The van der Waals surface area contributed by atoms with Crippen LogP contribution in [0.25, 0.3) is 0 Å². The Morgan fingerprint density at radius 3 is 2.34 bits per heavy atom. The molecule has 0 amide bonds. The normalized spacial score (nSPS) is 35.7. The molecule has 0 aromatic rings. The van der Waals surface area contributed by atoms with Crippen molar-refractivity contribution >= 4 is 8.32 Å². The molecule has 4 nitrogen and oxygen atoms in total. The third-order valence-electron chi connectivity index (χ3n) is 8.48. The van der Waals surface area contributed by atoms with Gasteiger partial charge in [-0.1, -0.05) is 45.5 Å². The van der Waals surface area contributed by atoms with E-state index < -0.39 is 8.32 Å². The van der Waals surface area contributed by atoms with Crippen molar-refractivity contribution in [1.29, 1.82) is 0 Å². The summed E-state index contributed by atoms with van der Waals surface area (Å²) in [7, 11) is -1.89. The summed E-state index contributed by atoms with van der Waals surface area (Å²) in [6.45, 7) is 12.9. The van der Waals surface area contributed by atoms with Gasteiger partial charge in [0.1, 0.15) is 6.10 Å². The molecule has 164 valence electrons. The van der Waals surface area contributed by atoms with Crippen LogP contribution in [0.15, 0.2) is 0 Å². The van der Waals surface area contributed by atoms with Gasteiger partial charge in [-0.15, -0.1) is 0 Å². The Bertz CT molecular complexity index is 646. The van der Waals surface area contributed by atoms with Crippen LogP contribution >= 0.6 is 0 Å². The molecule has 0 aromatic heterocycles. The van der Waals surface area contributed by atoms with E-state index in [1.165, 1.54) is 25.7 Å². The zero-order valence-electron chi connectivity index (χ0n) is 19.0. The second kappa shape index (κ2) is 7.95. The summed E-state index contributed by atoms with van der Waals surface area (Å²) in [5, 5.41) is 10.9. The van der Waals surface area contributed by atoms with Crippen LogP contribution in [0.4, 0.5) is 0 Å². The smallest absolute Gasteiger partial charge is 0.193 e. The van der Waals surface area contributed by atoms with Crippen molar-refractivity contribution in [2.24, 2.45) is 23.7 Å². The second-order valence-electron chi connectivity index (χ2n) is 11.3. The maximum Gasteiger partial charge on any atom is 0.193 e. The first kappa shape index (κ1) is 21.8. The lowest BCUT2D eigenvalue weighted by Gasteiger charge is -2.56. The van der Waals surface area contributed by atoms with Crippen LogP contribution in [0.3, 0.4) is 0 Å². The van der Waals surface area contributed by atoms with Gasteiger partial charge < -0.3 is 19.0 Å². The number of aliphatic hydroxyl groups excluding tert-OH is 1. The van der Waals surface area contributed by atoms with Gasteiger partial charge in [-0.3, -0.25) is 0 Å². The molecule has 1 N–H and O–H groups in total. The number of ether oxygens (including phenoxy) is 2. The Hall–Kier alpha value is -0.383. The van der Waals surface area contributed by atoms with Gasteiger partial charge in [0.05, 0.1) is 19.3 Å². The first-order chi connectivity index (χ1) is 13.6.